The summed E-state index contributed by atoms with van der Waals surface area (Å²) >= 11 is 5.89. The van der Waals surface area contributed by atoms with Crippen LogP contribution < -0.4 is 10.1 Å². The van der Waals surface area contributed by atoms with Crippen LogP contribution in [0.3, 0.4) is 0 Å². The van der Waals surface area contributed by atoms with Crippen LogP contribution in [0.5, 0.6) is 5.75 Å². The Morgan fingerprint density at radius 2 is 2.23 bits per heavy atom. The fraction of sp³-hybridized carbons (Fsp3) is 0.176. The lowest BCUT2D eigenvalue weighted by molar-refractivity contribution is 0.0992. The Balaban J connectivity index is 1.58. The first-order chi connectivity index (χ1) is 12.5. The van der Waals surface area contributed by atoms with Gasteiger partial charge in [0, 0.05) is 7.11 Å². The van der Waals surface area contributed by atoms with Crippen molar-refractivity contribution in [1.29, 1.82) is 0 Å². The second-order valence-electron chi connectivity index (χ2n) is 5.27. The van der Waals surface area contributed by atoms with Crippen molar-refractivity contribution in [2.45, 2.75) is 13.3 Å². The number of anilines is 1. The number of halogens is 2. The van der Waals surface area contributed by atoms with E-state index in [0.717, 1.165) is 6.07 Å². The lowest BCUT2D eigenvalue weighted by Gasteiger charge is -2.06. The standard InChI is InChI=1S/C17H15ClFN3O4/c1-24-10-22-8-12(7-20-22)21-17(23)16-5-3-13(26-16)9-25-15-4-2-11(19)6-14(15)18/h2-8H,9-10H2,1H3,(H,21,23). The molecular formula is C17H15ClFN3O4. The molecule has 0 atom stereocenters. The average molecular weight is 380 g/mol. The highest BCUT2D eigenvalue weighted by Gasteiger charge is 2.13. The molecule has 0 aliphatic rings. The van der Waals surface area contributed by atoms with Crippen LogP contribution in [0.4, 0.5) is 10.1 Å². The van der Waals surface area contributed by atoms with Crippen molar-refractivity contribution >= 4 is 23.2 Å². The molecule has 0 unspecified atom stereocenters. The summed E-state index contributed by atoms with van der Waals surface area (Å²) in [5, 5.41) is 6.84. The van der Waals surface area contributed by atoms with Crippen LogP contribution in [0, 0.1) is 5.82 Å². The molecule has 0 fully saturated rings. The molecule has 0 radical (unpaired) electrons. The van der Waals surface area contributed by atoms with Crippen LogP contribution in [0.1, 0.15) is 16.3 Å². The Labute approximate surface area is 153 Å². The van der Waals surface area contributed by atoms with Crippen LogP contribution in [0.15, 0.2) is 47.1 Å². The fourth-order valence-corrected chi connectivity index (χ4v) is 2.36. The van der Waals surface area contributed by atoms with Crippen LogP contribution in [0.2, 0.25) is 5.02 Å². The maximum Gasteiger partial charge on any atom is 0.291 e. The molecule has 1 aromatic carbocycles. The summed E-state index contributed by atoms with van der Waals surface area (Å²) in [6.07, 6.45) is 3.13. The second kappa shape index (κ2) is 8.03. The minimum atomic E-state index is -0.451. The molecule has 0 spiro atoms. The number of furan rings is 1. The Bertz CT molecular complexity index is 909. The Kier molecular flexibility index (Phi) is 5.55. The van der Waals surface area contributed by atoms with Gasteiger partial charge in [-0.25, -0.2) is 9.07 Å². The number of hydrogen-bond donors (Lipinski definition) is 1. The van der Waals surface area contributed by atoms with Crippen molar-refractivity contribution < 1.29 is 23.1 Å². The third kappa shape index (κ3) is 4.41. The SMILES string of the molecule is COCn1cc(NC(=O)c2ccc(COc3ccc(F)cc3Cl)o2)cn1. The van der Waals surface area contributed by atoms with Crippen molar-refractivity contribution in [3.63, 3.8) is 0 Å². The van der Waals surface area contributed by atoms with Crippen LogP contribution in [0.25, 0.3) is 0 Å². The number of ether oxygens (including phenoxy) is 2. The second-order valence-corrected chi connectivity index (χ2v) is 5.68. The van der Waals surface area contributed by atoms with Gasteiger partial charge in [0.05, 0.1) is 23.1 Å². The fourth-order valence-electron chi connectivity index (χ4n) is 2.14. The van der Waals surface area contributed by atoms with Crippen molar-refractivity contribution in [2.24, 2.45) is 0 Å². The number of amides is 1. The molecule has 136 valence electrons. The quantitative estimate of drug-likeness (QED) is 0.677. The van der Waals surface area contributed by atoms with Crippen molar-refractivity contribution in [3.8, 4) is 5.75 Å². The summed E-state index contributed by atoms with van der Waals surface area (Å²) in [4.78, 5) is 12.2. The van der Waals surface area contributed by atoms with Crippen molar-refractivity contribution in [3.05, 3.63) is 65.1 Å². The lowest BCUT2D eigenvalue weighted by atomic mass is 10.3. The van der Waals surface area contributed by atoms with Crippen molar-refractivity contribution in [1.82, 2.24) is 9.78 Å². The molecule has 1 N–H and O–H groups in total. The van der Waals surface area contributed by atoms with E-state index in [9.17, 15) is 9.18 Å². The third-order valence-corrected chi connectivity index (χ3v) is 3.60. The monoisotopic (exact) mass is 379 g/mol. The van der Waals surface area contributed by atoms with Crippen molar-refractivity contribution in [2.75, 3.05) is 12.4 Å². The maximum absolute atomic E-state index is 13.0. The summed E-state index contributed by atoms with van der Waals surface area (Å²) in [5.74, 6) is -0.0129. The molecule has 3 rings (SSSR count). The van der Waals surface area contributed by atoms with E-state index in [1.54, 1.807) is 19.4 Å². The van der Waals surface area contributed by atoms with Gasteiger partial charge in [-0.2, -0.15) is 5.10 Å². The molecule has 3 aromatic rings. The normalized spacial score (nSPS) is 10.7. The number of methoxy groups -OCH3 is 1. The van der Waals surface area contributed by atoms with Gasteiger partial charge in [0.2, 0.25) is 0 Å². The summed E-state index contributed by atoms with van der Waals surface area (Å²) in [6, 6.07) is 6.96. The third-order valence-electron chi connectivity index (χ3n) is 3.30. The van der Waals surface area contributed by atoms with Gasteiger partial charge in [0.25, 0.3) is 5.91 Å². The summed E-state index contributed by atoms with van der Waals surface area (Å²) in [5.41, 5.74) is 0.513. The highest BCUT2D eigenvalue weighted by Crippen LogP contribution is 2.26. The molecule has 9 heteroatoms. The van der Waals surface area contributed by atoms with E-state index in [-0.39, 0.29) is 24.1 Å². The van der Waals surface area contributed by atoms with E-state index in [1.807, 2.05) is 0 Å². The van der Waals surface area contributed by atoms with Crippen LogP contribution >= 0.6 is 11.6 Å². The minimum absolute atomic E-state index is 0.0460. The molecule has 1 amide bonds. The van der Waals surface area contributed by atoms with Gasteiger partial charge in [-0.05, 0) is 30.3 Å². The van der Waals surface area contributed by atoms with E-state index in [0.29, 0.717) is 17.2 Å². The molecular weight excluding hydrogens is 365 g/mol. The topological polar surface area (TPSA) is 78.5 Å². The van der Waals surface area contributed by atoms with E-state index >= 15 is 0 Å². The number of rotatable bonds is 7. The first-order valence-corrected chi connectivity index (χ1v) is 7.92. The first-order valence-electron chi connectivity index (χ1n) is 7.54. The smallest absolute Gasteiger partial charge is 0.291 e. The number of hydrogen-bond acceptors (Lipinski definition) is 5. The highest BCUT2D eigenvalue weighted by atomic mass is 35.5. The van der Waals surface area contributed by atoms with E-state index < -0.39 is 11.7 Å². The number of nitrogens with zero attached hydrogens (tertiary/aromatic N) is 2. The number of nitrogens with one attached hydrogen (secondary N) is 1. The van der Waals surface area contributed by atoms with Gasteiger partial charge < -0.3 is 19.2 Å². The zero-order valence-corrected chi connectivity index (χ0v) is 14.5. The minimum Gasteiger partial charge on any atom is -0.484 e. The Morgan fingerprint density at radius 1 is 1.38 bits per heavy atom. The number of aromatic nitrogens is 2. The lowest BCUT2D eigenvalue weighted by Crippen LogP contribution is -2.10. The van der Waals surface area contributed by atoms with E-state index in [2.05, 4.69) is 10.4 Å². The van der Waals surface area contributed by atoms with Gasteiger partial charge in [0.15, 0.2) is 5.76 Å². The summed E-state index contributed by atoms with van der Waals surface area (Å²) < 4.78 is 30.4. The van der Waals surface area contributed by atoms with Crippen LogP contribution in [-0.4, -0.2) is 22.8 Å². The Hall–Kier alpha value is -2.84. The largest absolute Gasteiger partial charge is 0.484 e. The Morgan fingerprint density at radius 3 is 3.00 bits per heavy atom. The summed E-state index contributed by atoms with van der Waals surface area (Å²) in [7, 11) is 1.55. The van der Waals surface area contributed by atoms with Gasteiger partial charge in [-0.15, -0.1) is 0 Å². The predicted octanol–water partition coefficient (Wildman–Crippen LogP) is 3.70. The highest BCUT2D eigenvalue weighted by molar-refractivity contribution is 6.32. The number of carbonyl (C=O) groups excluding carboxylic acids is 1. The molecule has 0 bridgehead atoms. The van der Waals surface area contributed by atoms with Crippen LogP contribution in [-0.2, 0) is 18.1 Å². The van der Waals surface area contributed by atoms with Gasteiger partial charge in [0.1, 0.15) is 30.7 Å². The van der Waals surface area contributed by atoms with Gasteiger partial charge in [-0.1, -0.05) is 11.6 Å². The van der Waals surface area contributed by atoms with E-state index in [4.69, 9.17) is 25.5 Å². The first kappa shape index (κ1) is 18.0. The molecule has 26 heavy (non-hydrogen) atoms. The zero-order valence-electron chi connectivity index (χ0n) is 13.7. The van der Waals surface area contributed by atoms with Gasteiger partial charge >= 0.3 is 0 Å². The average Bonchev–Trinajstić information content (AvgIpc) is 3.24. The molecule has 2 heterocycles. The van der Waals surface area contributed by atoms with Gasteiger partial charge in [-0.3, -0.25) is 4.79 Å². The number of benzene rings is 1. The predicted molar refractivity (Wildman–Crippen MR) is 91.6 cm³/mol. The zero-order chi connectivity index (χ0) is 18.5. The summed E-state index contributed by atoms with van der Waals surface area (Å²) in [6.45, 7) is 0.328. The van der Waals surface area contributed by atoms with E-state index in [1.165, 1.54) is 29.1 Å². The molecule has 0 saturated carbocycles. The maximum atomic E-state index is 13.0. The molecule has 0 aliphatic heterocycles. The molecule has 0 aliphatic carbocycles. The molecule has 0 saturated heterocycles. The number of carbonyl (C=O) groups is 1. The molecule has 2 aromatic heterocycles. The molecule has 7 nitrogen and oxygen atoms in total.